The highest BCUT2D eigenvalue weighted by molar-refractivity contribution is 5.30. The Hall–Kier alpha value is -1.26. The van der Waals surface area contributed by atoms with Crippen molar-refractivity contribution in [3.63, 3.8) is 0 Å². The first kappa shape index (κ1) is 14.2. The van der Waals surface area contributed by atoms with E-state index in [1.807, 2.05) is 0 Å². The largest absolute Gasteiger partial charge is 0.508 e. The van der Waals surface area contributed by atoms with Gasteiger partial charge in [0.05, 0.1) is 0 Å². The minimum absolute atomic E-state index is 0.0672. The number of aromatic hydroxyl groups is 1. The van der Waals surface area contributed by atoms with Gasteiger partial charge in [-0.15, -0.1) is 0 Å². The molecule has 106 valence electrons. The number of nitrogens with two attached hydrogens (primary N) is 1. The number of hydrogen-bond acceptors (Lipinski definition) is 4. The maximum atomic E-state index is 9.20. The van der Waals surface area contributed by atoms with Crippen LogP contribution in [0.2, 0.25) is 0 Å². The lowest BCUT2D eigenvalue weighted by Crippen LogP contribution is -2.38. The van der Waals surface area contributed by atoms with Crippen molar-refractivity contribution in [2.75, 3.05) is 19.7 Å². The van der Waals surface area contributed by atoms with Crippen molar-refractivity contribution in [1.29, 1.82) is 0 Å². The zero-order valence-corrected chi connectivity index (χ0v) is 11.7. The van der Waals surface area contributed by atoms with Crippen LogP contribution in [0.5, 0.6) is 11.5 Å². The van der Waals surface area contributed by atoms with E-state index in [2.05, 4.69) is 18.7 Å². The van der Waals surface area contributed by atoms with Crippen LogP contribution in [0.1, 0.15) is 20.3 Å². The standard InChI is InChI=1S/C15H24N2O2/c1-11(2)17-8-7-12(9-17)15(16)10-19-14-5-3-13(18)4-6-14/h3-6,11-12,15,18H,7-10,16H2,1-2H3. The lowest BCUT2D eigenvalue weighted by Gasteiger charge is -2.23. The molecule has 1 aromatic carbocycles. The molecule has 0 spiro atoms. The van der Waals surface area contributed by atoms with Crippen molar-refractivity contribution in [1.82, 2.24) is 4.90 Å². The average Bonchev–Trinajstić information content (AvgIpc) is 2.87. The highest BCUT2D eigenvalue weighted by atomic mass is 16.5. The third kappa shape index (κ3) is 3.85. The lowest BCUT2D eigenvalue weighted by atomic mass is 10.0. The van der Waals surface area contributed by atoms with Crippen LogP contribution in [0.15, 0.2) is 24.3 Å². The van der Waals surface area contributed by atoms with E-state index in [0.29, 0.717) is 18.6 Å². The van der Waals surface area contributed by atoms with Gasteiger partial charge in [0.25, 0.3) is 0 Å². The molecule has 1 aliphatic heterocycles. The first-order chi connectivity index (χ1) is 9.06. The SMILES string of the molecule is CC(C)N1CCC(C(N)COc2ccc(O)cc2)C1. The zero-order chi connectivity index (χ0) is 13.8. The van der Waals surface area contributed by atoms with Crippen LogP contribution >= 0.6 is 0 Å². The van der Waals surface area contributed by atoms with Crippen molar-refractivity contribution in [2.45, 2.75) is 32.4 Å². The molecule has 1 aliphatic rings. The summed E-state index contributed by atoms with van der Waals surface area (Å²) >= 11 is 0. The van der Waals surface area contributed by atoms with Crippen molar-refractivity contribution >= 4 is 0 Å². The summed E-state index contributed by atoms with van der Waals surface area (Å²) < 4.78 is 5.68. The Balaban J connectivity index is 1.78. The molecular weight excluding hydrogens is 240 g/mol. The van der Waals surface area contributed by atoms with E-state index in [-0.39, 0.29) is 11.8 Å². The van der Waals surface area contributed by atoms with Gasteiger partial charge in [0.15, 0.2) is 0 Å². The molecule has 4 heteroatoms. The predicted octanol–water partition coefficient (Wildman–Crippen LogP) is 1.83. The predicted molar refractivity (Wildman–Crippen MR) is 76.4 cm³/mol. The molecule has 0 saturated carbocycles. The highest BCUT2D eigenvalue weighted by Gasteiger charge is 2.28. The molecule has 2 unspecified atom stereocenters. The maximum Gasteiger partial charge on any atom is 0.119 e. The Morgan fingerprint density at radius 3 is 2.63 bits per heavy atom. The van der Waals surface area contributed by atoms with Crippen molar-refractivity contribution in [2.24, 2.45) is 11.7 Å². The molecule has 0 aliphatic carbocycles. The minimum Gasteiger partial charge on any atom is -0.508 e. The zero-order valence-electron chi connectivity index (χ0n) is 11.7. The van der Waals surface area contributed by atoms with E-state index in [0.717, 1.165) is 25.3 Å². The van der Waals surface area contributed by atoms with E-state index < -0.39 is 0 Å². The number of likely N-dealkylation sites (tertiary alicyclic amines) is 1. The van der Waals surface area contributed by atoms with Gasteiger partial charge in [-0.3, -0.25) is 0 Å². The number of phenolic OH excluding ortho intramolecular Hbond substituents is 1. The Morgan fingerprint density at radius 2 is 2.05 bits per heavy atom. The summed E-state index contributed by atoms with van der Waals surface area (Å²) in [5.41, 5.74) is 6.22. The smallest absolute Gasteiger partial charge is 0.119 e. The van der Waals surface area contributed by atoms with E-state index in [1.54, 1.807) is 24.3 Å². The molecule has 0 bridgehead atoms. The Morgan fingerprint density at radius 1 is 1.37 bits per heavy atom. The van der Waals surface area contributed by atoms with Gasteiger partial charge in [0, 0.05) is 18.6 Å². The van der Waals surface area contributed by atoms with Crippen LogP contribution in [0, 0.1) is 5.92 Å². The molecule has 1 fully saturated rings. The van der Waals surface area contributed by atoms with Crippen molar-refractivity contribution in [3.8, 4) is 11.5 Å². The molecule has 19 heavy (non-hydrogen) atoms. The van der Waals surface area contributed by atoms with Gasteiger partial charge in [-0.2, -0.15) is 0 Å². The van der Waals surface area contributed by atoms with Gasteiger partial charge in [-0.05, 0) is 57.0 Å². The summed E-state index contributed by atoms with van der Waals surface area (Å²) in [5, 5.41) is 9.20. The van der Waals surface area contributed by atoms with Gasteiger partial charge in [-0.1, -0.05) is 0 Å². The maximum absolute atomic E-state index is 9.20. The van der Waals surface area contributed by atoms with E-state index in [1.165, 1.54) is 0 Å². The number of ether oxygens (including phenoxy) is 1. The Bertz CT molecular complexity index is 392. The van der Waals surface area contributed by atoms with Gasteiger partial charge in [0.1, 0.15) is 18.1 Å². The molecule has 3 N–H and O–H groups in total. The second-order valence-corrected chi connectivity index (χ2v) is 5.61. The van der Waals surface area contributed by atoms with Gasteiger partial charge >= 0.3 is 0 Å². The fraction of sp³-hybridized carbons (Fsp3) is 0.600. The fourth-order valence-electron chi connectivity index (χ4n) is 2.50. The molecule has 2 rings (SSSR count). The molecule has 0 aromatic heterocycles. The summed E-state index contributed by atoms with van der Waals surface area (Å²) in [4.78, 5) is 2.46. The molecule has 0 radical (unpaired) electrons. The topological polar surface area (TPSA) is 58.7 Å². The number of nitrogens with zero attached hydrogens (tertiary/aromatic N) is 1. The second kappa shape index (κ2) is 6.26. The Labute approximate surface area is 115 Å². The molecule has 1 saturated heterocycles. The third-order valence-electron chi connectivity index (χ3n) is 3.87. The summed E-state index contributed by atoms with van der Waals surface area (Å²) in [6.07, 6.45) is 1.15. The summed E-state index contributed by atoms with van der Waals surface area (Å²) in [6.45, 7) is 7.18. The summed E-state index contributed by atoms with van der Waals surface area (Å²) in [5.74, 6) is 1.52. The van der Waals surface area contributed by atoms with Crippen molar-refractivity contribution < 1.29 is 9.84 Å². The van der Waals surface area contributed by atoms with Crippen LogP contribution in [0.3, 0.4) is 0 Å². The van der Waals surface area contributed by atoms with Gasteiger partial charge in [-0.25, -0.2) is 0 Å². The van der Waals surface area contributed by atoms with Crippen LogP contribution in [-0.2, 0) is 0 Å². The third-order valence-corrected chi connectivity index (χ3v) is 3.87. The lowest BCUT2D eigenvalue weighted by molar-refractivity contribution is 0.225. The number of rotatable bonds is 5. The monoisotopic (exact) mass is 264 g/mol. The van der Waals surface area contributed by atoms with Crippen molar-refractivity contribution in [3.05, 3.63) is 24.3 Å². The minimum atomic E-state index is 0.0672. The first-order valence-corrected chi connectivity index (χ1v) is 6.97. The average molecular weight is 264 g/mol. The summed E-state index contributed by atoms with van der Waals surface area (Å²) in [7, 11) is 0. The van der Waals surface area contributed by atoms with Crippen LogP contribution in [-0.4, -0.2) is 41.8 Å². The van der Waals surface area contributed by atoms with Gasteiger partial charge < -0.3 is 20.5 Å². The molecular formula is C15H24N2O2. The summed E-state index contributed by atoms with van der Waals surface area (Å²) in [6, 6.07) is 7.43. The van der Waals surface area contributed by atoms with Gasteiger partial charge in [0.2, 0.25) is 0 Å². The normalized spacial score (nSPS) is 21.8. The van der Waals surface area contributed by atoms with Crippen LogP contribution in [0.4, 0.5) is 0 Å². The molecule has 4 nitrogen and oxygen atoms in total. The van der Waals surface area contributed by atoms with Crippen LogP contribution in [0.25, 0.3) is 0 Å². The number of hydrogen-bond donors (Lipinski definition) is 2. The number of benzene rings is 1. The highest BCUT2D eigenvalue weighted by Crippen LogP contribution is 2.22. The molecule has 1 heterocycles. The molecule has 1 aromatic rings. The Kier molecular flexibility index (Phi) is 4.66. The first-order valence-electron chi connectivity index (χ1n) is 6.97. The second-order valence-electron chi connectivity index (χ2n) is 5.61. The van der Waals surface area contributed by atoms with E-state index in [4.69, 9.17) is 10.5 Å². The quantitative estimate of drug-likeness (QED) is 0.852. The number of phenols is 1. The molecule has 2 atom stereocenters. The molecule has 0 amide bonds. The van der Waals surface area contributed by atoms with Crippen LogP contribution < -0.4 is 10.5 Å². The van der Waals surface area contributed by atoms with E-state index in [9.17, 15) is 5.11 Å². The fourth-order valence-corrected chi connectivity index (χ4v) is 2.50. The van der Waals surface area contributed by atoms with E-state index >= 15 is 0 Å².